The number of aryl methyl sites for hydroxylation is 1. The Morgan fingerprint density at radius 1 is 1.38 bits per heavy atom. The quantitative estimate of drug-likeness (QED) is 0.907. The fourth-order valence-electron chi connectivity index (χ4n) is 3.10. The summed E-state index contributed by atoms with van der Waals surface area (Å²) in [6, 6.07) is 2.31. The molecule has 3 rings (SSSR count). The molecule has 2 aromatic rings. The minimum Gasteiger partial charge on any atom is -0.498 e. The fourth-order valence-corrected chi connectivity index (χ4v) is 3.10. The van der Waals surface area contributed by atoms with E-state index in [-0.39, 0.29) is 6.10 Å². The summed E-state index contributed by atoms with van der Waals surface area (Å²) in [6.45, 7) is 8.74. The summed E-state index contributed by atoms with van der Waals surface area (Å²) < 4.78 is 5.51. The molecule has 3 heterocycles. The third kappa shape index (κ3) is 2.57. The van der Waals surface area contributed by atoms with Crippen LogP contribution in [0.1, 0.15) is 50.6 Å². The molecule has 2 aromatic heterocycles. The molecule has 0 saturated carbocycles. The van der Waals surface area contributed by atoms with Crippen molar-refractivity contribution in [3.8, 4) is 0 Å². The first-order chi connectivity index (χ1) is 10.1. The van der Waals surface area contributed by atoms with Crippen LogP contribution in [-0.4, -0.2) is 16.1 Å². The summed E-state index contributed by atoms with van der Waals surface area (Å²) in [5.74, 6) is 0.946. The van der Waals surface area contributed by atoms with Gasteiger partial charge in [-0.15, -0.1) is 0 Å². The molecule has 0 saturated heterocycles. The van der Waals surface area contributed by atoms with Gasteiger partial charge < -0.3 is 9.72 Å². The first-order valence-electron chi connectivity index (χ1n) is 7.91. The maximum absolute atomic E-state index is 5.51. The second-order valence-electron chi connectivity index (χ2n) is 6.29. The molecule has 0 bridgehead atoms. The van der Waals surface area contributed by atoms with E-state index in [1.165, 1.54) is 22.2 Å². The molecular weight excluding hydrogens is 260 g/mol. The number of pyridine rings is 1. The number of aromatic amines is 1. The number of ether oxygens (including phenoxy) is 1. The molecule has 0 aliphatic carbocycles. The van der Waals surface area contributed by atoms with E-state index in [1.54, 1.807) is 0 Å². The lowest BCUT2D eigenvalue weighted by Crippen LogP contribution is -2.14. The molecule has 112 valence electrons. The number of nitrogens with one attached hydrogen (secondary N) is 1. The fraction of sp³-hybridized carbons (Fsp3) is 0.500. The highest BCUT2D eigenvalue weighted by molar-refractivity contribution is 5.86. The standard InChI is InChI=1S/C18H24N2O/c1-5-17-18-15(16(10-19-17)11(2)3)9-14(20-18)8-13-6-7-21-12(13)4/h6-7,9-13,20H,5,8H2,1-4H3. The van der Waals surface area contributed by atoms with E-state index in [2.05, 4.69) is 49.8 Å². The monoisotopic (exact) mass is 284 g/mol. The molecule has 2 unspecified atom stereocenters. The van der Waals surface area contributed by atoms with Crippen molar-refractivity contribution in [1.29, 1.82) is 0 Å². The lowest BCUT2D eigenvalue weighted by Gasteiger charge is -2.12. The van der Waals surface area contributed by atoms with Gasteiger partial charge in [-0.05, 0) is 43.4 Å². The van der Waals surface area contributed by atoms with Gasteiger partial charge >= 0.3 is 0 Å². The summed E-state index contributed by atoms with van der Waals surface area (Å²) in [7, 11) is 0. The molecular formula is C18H24N2O. The van der Waals surface area contributed by atoms with E-state index in [9.17, 15) is 0 Å². The number of hydrogen-bond acceptors (Lipinski definition) is 2. The normalized spacial score (nSPS) is 21.4. The summed E-state index contributed by atoms with van der Waals surface area (Å²) in [6.07, 6.45) is 8.26. The summed E-state index contributed by atoms with van der Waals surface area (Å²) in [5.41, 5.74) is 4.98. The second-order valence-corrected chi connectivity index (χ2v) is 6.29. The van der Waals surface area contributed by atoms with Gasteiger partial charge in [-0.1, -0.05) is 20.8 Å². The Morgan fingerprint density at radius 3 is 2.81 bits per heavy atom. The molecule has 3 heteroatoms. The Balaban J connectivity index is 2.01. The summed E-state index contributed by atoms with van der Waals surface area (Å²) >= 11 is 0. The predicted octanol–water partition coefficient (Wildman–Crippen LogP) is 4.34. The molecule has 2 atom stereocenters. The number of nitrogens with zero attached hydrogens (tertiary/aromatic N) is 1. The van der Waals surface area contributed by atoms with E-state index in [4.69, 9.17) is 4.74 Å². The zero-order valence-corrected chi connectivity index (χ0v) is 13.3. The van der Waals surface area contributed by atoms with E-state index in [1.807, 2.05) is 12.5 Å². The van der Waals surface area contributed by atoms with Crippen LogP contribution in [0.4, 0.5) is 0 Å². The SMILES string of the molecule is CCc1ncc(C(C)C)c2cc(CC3C=COC3C)[nH]c12. The number of rotatable bonds is 4. The number of aromatic nitrogens is 2. The van der Waals surface area contributed by atoms with E-state index < -0.39 is 0 Å². The average Bonchev–Trinajstić information content (AvgIpc) is 3.04. The van der Waals surface area contributed by atoms with Crippen LogP contribution in [0, 0.1) is 5.92 Å². The molecule has 1 aliphatic rings. The third-order valence-corrected chi connectivity index (χ3v) is 4.47. The van der Waals surface area contributed by atoms with Crippen molar-refractivity contribution in [1.82, 2.24) is 9.97 Å². The predicted molar refractivity (Wildman–Crippen MR) is 86.4 cm³/mol. The van der Waals surface area contributed by atoms with Gasteiger partial charge in [-0.25, -0.2) is 0 Å². The van der Waals surface area contributed by atoms with E-state index in [0.29, 0.717) is 11.8 Å². The van der Waals surface area contributed by atoms with Crippen molar-refractivity contribution >= 4 is 10.9 Å². The minimum absolute atomic E-state index is 0.268. The molecule has 0 fully saturated rings. The van der Waals surface area contributed by atoms with Crippen LogP contribution in [-0.2, 0) is 17.6 Å². The highest BCUT2D eigenvalue weighted by Gasteiger charge is 2.21. The van der Waals surface area contributed by atoms with Crippen molar-refractivity contribution in [2.75, 3.05) is 0 Å². The lowest BCUT2D eigenvalue weighted by atomic mass is 9.98. The Morgan fingerprint density at radius 2 is 2.19 bits per heavy atom. The van der Waals surface area contributed by atoms with Crippen LogP contribution in [0.25, 0.3) is 10.9 Å². The third-order valence-electron chi connectivity index (χ3n) is 4.47. The van der Waals surface area contributed by atoms with Crippen LogP contribution in [0.15, 0.2) is 24.6 Å². The van der Waals surface area contributed by atoms with Gasteiger partial charge in [0.2, 0.25) is 0 Å². The maximum Gasteiger partial charge on any atom is 0.102 e. The first kappa shape index (κ1) is 14.2. The van der Waals surface area contributed by atoms with Crippen molar-refractivity contribution in [2.45, 2.75) is 52.6 Å². The minimum atomic E-state index is 0.268. The number of hydrogen-bond donors (Lipinski definition) is 1. The largest absolute Gasteiger partial charge is 0.498 e. The molecule has 0 radical (unpaired) electrons. The summed E-state index contributed by atoms with van der Waals surface area (Å²) in [4.78, 5) is 8.24. The van der Waals surface area contributed by atoms with Gasteiger partial charge in [0, 0.05) is 23.2 Å². The van der Waals surface area contributed by atoms with Crippen LogP contribution >= 0.6 is 0 Å². The van der Waals surface area contributed by atoms with Gasteiger partial charge in [-0.2, -0.15) is 0 Å². The Bertz CT molecular complexity index is 669. The molecule has 1 aliphatic heterocycles. The van der Waals surface area contributed by atoms with Crippen LogP contribution in [0.3, 0.4) is 0 Å². The van der Waals surface area contributed by atoms with Gasteiger partial charge in [-0.3, -0.25) is 4.98 Å². The zero-order valence-electron chi connectivity index (χ0n) is 13.3. The topological polar surface area (TPSA) is 37.9 Å². The Labute approximate surface area is 126 Å². The maximum atomic E-state index is 5.51. The summed E-state index contributed by atoms with van der Waals surface area (Å²) in [5, 5.41) is 1.34. The molecule has 3 nitrogen and oxygen atoms in total. The van der Waals surface area contributed by atoms with E-state index >= 15 is 0 Å². The molecule has 0 amide bonds. The first-order valence-corrected chi connectivity index (χ1v) is 7.91. The van der Waals surface area contributed by atoms with Crippen molar-refractivity contribution < 1.29 is 4.74 Å². The van der Waals surface area contributed by atoms with Crippen molar-refractivity contribution in [2.24, 2.45) is 5.92 Å². The average molecular weight is 284 g/mol. The van der Waals surface area contributed by atoms with E-state index in [0.717, 1.165) is 18.5 Å². The van der Waals surface area contributed by atoms with Crippen LogP contribution < -0.4 is 0 Å². The van der Waals surface area contributed by atoms with Crippen molar-refractivity contribution in [3.05, 3.63) is 41.6 Å². The van der Waals surface area contributed by atoms with Gasteiger partial charge in [0.15, 0.2) is 0 Å². The number of fused-ring (bicyclic) bond motifs is 1. The Kier molecular flexibility index (Phi) is 3.75. The van der Waals surface area contributed by atoms with Crippen molar-refractivity contribution in [3.63, 3.8) is 0 Å². The smallest absolute Gasteiger partial charge is 0.102 e. The van der Waals surface area contributed by atoms with Gasteiger partial charge in [0.1, 0.15) is 6.10 Å². The molecule has 0 aromatic carbocycles. The molecule has 1 N–H and O–H groups in total. The highest BCUT2D eigenvalue weighted by Crippen LogP contribution is 2.29. The molecule has 21 heavy (non-hydrogen) atoms. The van der Waals surface area contributed by atoms with Gasteiger partial charge in [0.25, 0.3) is 0 Å². The van der Waals surface area contributed by atoms with Gasteiger partial charge in [0.05, 0.1) is 17.5 Å². The lowest BCUT2D eigenvalue weighted by molar-refractivity contribution is 0.152. The molecule has 0 spiro atoms. The number of H-pyrrole nitrogens is 1. The van der Waals surface area contributed by atoms with Crippen LogP contribution in [0.5, 0.6) is 0 Å². The zero-order chi connectivity index (χ0) is 15.0. The highest BCUT2D eigenvalue weighted by atomic mass is 16.5. The Hall–Kier alpha value is -1.77. The van der Waals surface area contributed by atoms with Crippen LogP contribution in [0.2, 0.25) is 0 Å². The second kappa shape index (κ2) is 5.55.